The molecule has 0 spiro atoms. The molecule has 0 aromatic carbocycles. The van der Waals surface area contributed by atoms with Crippen molar-refractivity contribution in [2.45, 2.75) is 45.6 Å². The van der Waals surface area contributed by atoms with Crippen molar-refractivity contribution in [2.24, 2.45) is 0 Å². The number of nitrogen functional groups attached to an aromatic ring is 1. The third-order valence-electron chi connectivity index (χ3n) is 3.33. The van der Waals surface area contributed by atoms with E-state index in [4.69, 9.17) is 10.5 Å². The molecule has 1 aliphatic heterocycles. The fourth-order valence-corrected chi connectivity index (χ4v) is 2.21. The van der Waals surface area contributed by atoms with Crippen LogP contribution in [-0.2, 0) is 4.74 Å². The van der Waals surface area contributed by atoms with E-state index in [2.05, 4.69) is 15.3 Å². The number of hydrogen-bond acceptors (Lipinski definition) is 5. The highest BCUT2D eigenvalue weighted by Gasteiger charge is 2.13. The quantitative estimate of drug-likeness (QED) is 0.855. The Hall–Kier alpha value is -1.36. The van der Waals surface area contributed by atoms with E-state index in [0.717, 1.165) is 31.0 Å². The van der Waals surface area contributed by atoms with Crippen LogP contribution >= 0.6 is 0 Å². The van der Waals surface area contributed by atoms with E-state index in [9.17, 15) is 0 Å². The number of anilines is 2. The van der Waals surface area contributed by atoms with Crippen molar-refractivity contribution in [3.05, 3.63) is 11.4 Å². The number of rotatable bonds is 4. The zero-order chi connectivity index (χ0) is 13.0. The molecule has 5 nitrogen and oxygen atoms in total. The number of ether oxygens (including phenoxy) is 1. The van der Waals surface area contributed by atoms with E-state index >= 15 is 0 Å². The molecular formula is C13H22N4O. The summed E-state index contributed by atoms with van der Waals surface area (Å²) in [6, 6.07) is 0. The van der Waals surface area contributed by atoms with Crippen LogP contribution in [0.4, 0.5) is 11.6 Å². The zero-order valence-corrected chi connectivity index (χ0v) is 11.2. The van der Waals surface area contributed by atoms with E-state index in [0.29, 0.717) is 17.7 Å². The highest BCUT2D eigenvalue weighted by molar-refractivity contribution is 5.54. The van der Waals surface area contributed by atoms with Gasteiger partial charge in [-0.15, -0.1) is 0 Å². The Labute approximate surface area is 108 Å². The number of aryl methyl sites for hydroxylation is 1. The van der Waals surface area contributed by atoms with Crippen molar-refractivity contribution < 1.29 is 4.74 Å². The second-order valence-corrected chi connectivity index (χ2v) is 4.83. The minimum atomic E-state index is 0.395. The minimum Gasteiger partial charge on any atom is -0.383 e. The second kappa shape index (κ2) is 6.00. The molecule has 3 N–H and O–H groups in total. The van der Waals surface area contributed by atoms with E-state index in [1.54, 1.807) is 0 Å². The maximum atomic E-state index is 5.82. The topological polar surface area (TPSA) is 73.1 Å². The Morgan fingerprint density at radius 2 is 2.17 bits per heavy atom. The lowest BCUT2D eigenvalue weighted by atomic mass is 10.1. The third-order valence-corrected chi connectivity index (χ3v) is 3.33. The number of nitrogens with two attached hydrogens (primary N) is 1. The van der Waals surface area contributed by atoms with Crippen LogP contribution in [0.1, 0.15) is 37.1 Å². The average Bonchev–Trinajstić information content (AvgIpc) is 2.36. The molecule has 100 valence electrons. The Kier molecular flexibility index (Phi) is 4.36. The highest BCUT2D eigenvalue weighted by atomic mass is 16.5. The fraction of sp³-hybridized carbons (Fsp3) is 0.692. The minimum absolute atomic E-state index is 0.395. The molecule has 5 heteroatoms. The number of nitrogens with one attached hydrogen (secondary N) is 1. The summed E-state index contributed by atoms with van der Waals surface area (Å²) in [5.41, 5.74) is 6.74. The van der Waals surface area contributed by atoms with Crippen molar-refractivity contribution in [1.29, 1.82) is 0 Å². The van der Waals surface area contributed by atoms with Crippen LogP contribution in [0.5, 0.6) is 0 Å². The van der Waals surface area contributed by atoms with E-state index in [1.807, 2.05) is 13.8 Å². The van der Waals surface area contributed by atoms with Crippen molar-refractivity contribution in [1.82, 2.24) is 9.97 Å². The first-order valence-corrected chi connectivity index (χ1v) is 6.63. The summed E-state index contributed by atoms with van der Waals surface area (Å²) >= 11 is 0. The van der Waals surface area contributed by atoms with Gasteiger partial charge in [-0.05, 0) is 39.5 Å². The van der Waals surface area contributed by atoms with Gasteiger partial charge in [0.05, 0.1) is 6.10 Å². The molecule has 1 saturated heterocycles. The second-order valence-electron chi connectivity index (χ2n) is 4.83. The van der Waals surface area contributed by atoms with Crippen LogP contribution in [0.2, 0.25) is 0 Å². The van der Waals surface area contributed by atoms with Gasteiger partial charge in [-0.3, -0.25) is 0 Å². The zero-order valence-electron chi connectivity index (χ0n) is 11.2. The van der Waals surface area contributed by atoms with Gasteiger partial charge in [0.25, 0.3) is 0 Å². The van der Waals surface area contributed by atoms with Crippen LogP contribution < -0.4 is 11.1 Å². The van der Waals surface area contributed by atoms with Crippen LogP contribution in [0.25, 0.3) is 0 Å². The number of hydrogen-bond donors (Lipinski definition) is 2. The standard InChI is InChI=1S/C13H22N4O/c1-9-12(14)16-10(2)17-13(9)15-7-6-11-5-3-4-8-18-11/h11H,3-8H2,1-2H3,(H3,14,15,16,17). The third kappa shape index (κ3) is 3.32. The fourth-order valence-electron chi connectivity index (χ4n) is 2.21. The lowest BCUT2D eigenvalue weighted by Crippen LogP contribution is -2.22. The molecule has 1 aliphatic rings. The summed E-state index contributed by atoms with van der Waals surface area (Å²) in [5.74, 6) is 2.10. The smallest absolute Gasteiger partial charge is 0.134 e. The first-order valence-electron chi connectivity index (χ1n) is 6.63. The van der Waals surface area contributed by atoms with Crippen molar-refractivity contribution in [3.8, 4) is 0 Å². The van der Waals surface area contributed by atoms with Crippen molar-refractivity contribution in [3.63, 3.8) is 0 Å². The van der Waals surface area contributed by atoms with Gasteiger partial charge in [-0.25, -0.2) is 9.97 Å². The summed E-state index contributed by atoms with van der Waals surface area (Å²) in [6.45, 7) is 5.56. The average molecular weight is 250 g/mol. The lowest BCUT2D eigenvalue weighted by Gasteiger charge is -2.22. The van der Waals surface area contributed by atoms with Gasteiger partial charge in [0.1, 0.15) is 17.5 Å². The highest BCUT2D eigenvalue weighted by Crippen LogP contribution is 2.18. The Bertz CT molecular complexity index is 402. The molecule has 1 unspecified atom stereocenters. The molecule has 1 aromatic heterocycles. The molecule has 0 bridgehead atoms. The molecule has 2 rings (SSSR count). The van der Waals surface area contributed by atoms with Gasteiger partial charge in [0, 0.05) is 18.7 Å². The molecule has 1 fully saturated rings. The molecular weight excluding hydrogens is 228 g/mol. The van der Waals surface area contributed by atoms with Gasteiger partial charge in [0.15, 0.2) is 0 Å². The van der Waals surface area contributed by atoms with Crippen molar-refractivity contribution in [2.75, 3.05) is 24.2 Å². The van der Waals surface area contributed by atoms with Gasteiger partial charge < -0.3 is 15.8 Å². The van der Waals surface area contributed by atoms with Gasteiger partial charge in [-0.1, -0.05) is 0 Å². The molecule has 0 saturated carbocycles. The first kappa shape index (κ1) is 13.1. The summed E-state index contributed by atoms with van der Waals surface area (Å²) in [5, 5.41) is 3.33. The Balaban J connectivity index is 1.86. The van der Waals surface area contributed by atoms with Crippen molar-refractivity contribution >= 4 is 11.6 Å². The normalized spacial score (nSPS) is 19.8. The molecule has 2 heterocycles. The Morgan fingerprint density at radius 3 is 2.89 bits per heavy atom. The van der Waals surface area contributed by atoms with Crippen LogP contribution in [0, 0.1) is 13.8 Å². The first-order chi connectivity index (χ1) is 8.66. The van der Waals surface area contributed by atoms with Gasteiger partial charge >= 0.3 is 0 Å². The van der Waals surface area contributed by atoms with Crippen LogP contribution in [0.15, 0.2) is 0 Å². The van der Waals surface area contributed by atoms with Crippen LogP contribution in [-0.4, -0.2) is 29.2 Å². The molecule has 0 amide bonds. The molecule has 0 aliphatic carbocycles. The SMILES string of the molecule is Cc1nc(N)c(C)c(NCCC2CCCCO2)n1. The number of aromatic nitrogens is 2. The maximum absolute atomic E-state index is 5.82. The summed E-state index contributed by atoms with van der Waals surface area (Å²) in [4.78, 5) is 8.51. The Morgan fingerprint density at radius 1 is 1.33 bits per heavy atom. The number of nitrogens with zero attached hydrogens (tertiary/aromatic N) is 2. The predicted molar refractivity (Wildman–Crippen MR) is 72.6 cm³/mol. The monoisotopic (exact) mass is 250 g/mol. The van der Waals surface area contributed by atoms with Gasteiger partial charge in [0.2, 0.25) is 0 Å². The predicted octanol–water partition coefficient (Wildman–Crippen LogP) is 2.05. The van der Waals surface area contributed by atoms with E-state index in [1.165, 1.54) is 19.3 Å². The summed E-state index contributed by atoms with van der Waals surface area (Å²) in [7, 11) is 0. The lowest BCUT2D eigenvalue weighted by molar-refractivity contribution is 0.0134. The molecule has 1 atom stereocenters. The summed E-state index contributed by atoms with van der Waals surface area (Å²) < 4.78 is 5.70. The van der Waals surface area contributed by atoms with Crippen LogP contribution in [0.3, 0.4) is 0 Å². The van der Waals surface area contributed by atoms with E-state index < -0.39 is 0 Å². The molecule has 1 aromatic rings. The molecule has 0 radical (unpaired) electrons. The largest absolute Gasteiger partial charge is 0.383 e. The van der Waals surface area contributed by atoms with E-state index in [-0.39, 0.29) is 0 Å². The summed E-state index contributed by atoms with van der Waals surface area (Å²) in [6.07, 6.45) is 5.06. The maximum Gasteiger partial charge on any atom is 0.134 e. The molecule has 18 heavy (non-hydrogen) atoms. The van der Waals surface area contributed by atoms with Gasteiger partial charge in [-0.2, -0.15) is 0 Å².